The largest absolute Gasteiger partial charge is 0.314 e. The van der Waals surface area contributed by atoms with Gasteiger partial charge in [-0.2, -0.15) is 0 Å². The van der Waals surface area contributed by atoms with Gasteiger partial charge in [0.1, 0.15) is 0 Å². The quantitative estimate of drug-likeness (QED) is 0.0710. The summed E-state index contributed by atoms with van der Waals surface area (Å²) in [6.07, 6.45) is 13.1. The molecule has 1 aromatic heterocycles. The van der Waals surface area contributed by atoms with E-state index in [1.54, 1.807) is 6.08 Å². The molecule has 4 heteroatoms. The number of hydrogen-bond acceptors (Lipinski definition) is 3. The second kappa shape index (κ2) is 17.3. The van der Waals surface area contributed by atoms with E-state index in [2.05, 4.69) is 214 Å². The van der Waals surface area contributed by atoms with E-state index >= 15 is 0 Å². The van der Waals surface area contributed by atoms with Gasteiger partial charge in [-0.1, -0.05) is 153 Å². The topological polar surface area (TPSA) is 31.7 Å². The smallest absolute Gasteiger partial charge is 0.157 e. The molecule has 0 fully saturated rings. The maximum absolute atomic E-state index is 5.25. The van der Waals surface area contributed by atoms with Crippen LogP contribution in [0.3, 0.4) is 0 Å². The van der Waals surface area contributed by atoms with E-state index in [0.29, 0.717) is 0 Å². The van der Waals surface area contributed by atoms with Crippen molar-refractivity contribution >= 4 is 22.8 Å². The minimum Gasteiger partial charge on any atom is -0.314 e. The molecule has 282 valence electrons. The van der Waals surface area contributed by atoms with Gasteiger partial charge in [-0.05, 0) is 108 Å². The van der Waals surface area contributed by atoms with E-state index in [-0.39, 0.29) is 0 Å². The van der Waals surface area contributed by atoms with Gasteiger partial charge in [0.25, 0.3) is 0 Å². The van der Waals surface area contributed by atoms with Crippen molar-refractivity contribution in [2.24, 2.45) is 4.99 Å². The number of hydrogen-bond donors (Lipinski definition) is 0. The number of aromatic nitrogens is 1. The van der Waals surface area contributed by atoms with E-state index in [1.807, 2.05) is 19.2 Å². The molecular weight excluding hydrogens is 693 g/mol. The predicted octanol–water partition coefficient (Wildman–Crippen LogP) is 13.2. The molecule has 4 nitrogen and oxygen atoms in total. The number of amidine groups is 1. The number of allylic oxidation sites excluding steroid dienone is 6. The zero-order valence-electron chi connectivity index (χ0n) is 33.6. The highest BCUT2D eigenvalue weighted by Crippen LogP contribution is 2.55. The molecule has 1 aliphatic carbocycles. The average Bonchev–Trinajstić information content (AvgIpc) is 3.58. The second-order valence-electron chi connectivity index (χ2n) is 14.2. The lowest BCUT2D eigenvalue weighted by atomic mass is 9.68. The van der Waals surface area contributed by atoms with E-state index in [0.717, 1.165) is 51.9 Å². The molecule has 57 heavy (non-hydrogen) atoms. The Bertz CT molecular complexity index is 2440. The number of anilines is 2. The van der Waals surface area contributed by atoms with Gasteiger partial charge in [0.2, 0.25) is 0 Å². The van der Waals surface area contributed by atoms with Crippen LogP contribution in [0.2, 0.25) is 0 Å². The Labute approximate surface area is 338 Å². The van der Waals surface area contributed by atoms with Crippen LogP contribution in [0.1, 0.15) is 62.1 Å². The van der Waals surface area contributed by atoms with Crippen molar-refractivity contribution in [3.8, 4) is 11.1 Å². The Kier molecular flexibility index (Phi) is 11.7. The van der Waals surface area contributed by atoms with Gasteiger partial charge in [0.15, 0.2) is 5.84 Å². The molecule has 0 radical (unpaired) electrons. The first kappa shape index (κ1) is 38.5. The number of benzene rings is 5. The van der Waals surface area contributed by atoms with Gasteiger partial charge in [-0.3, -0.25) is 14.9 Å². The Hall–Kier alpha value is -6.78. The highest BCUT2D eigenvalue weighted by atomic mass is 15.3. The lowest BCUT2D eigenvalue weighted by Crippen LogP contribution is -2.37. The molecule has 0 unspecified atom stereocenters. The Morgan fingerprint density at radius 2 is 1.26 bits per heavy atom. The normalized spacial score (nSPS) is 14.2. The van der Waals surface area contributed by atoms with Gasteiger partial charge < -0.3 is 4.90 Å². The van der Waals surface area contributed by atoms with Crippen LogP contribution in [0.5, 0.6) is 0 Å². The molecule has 1 aliphatic rings. The van der Waals surface area contributed by atoms with Gasteiger partial charge in [-0.25, -0.2) is 0 Å². The van der Waals surface area contributed by atoms with Gasteiger partial charge in [0, 0.05) is 36.5 Å². The molecule has 0 N–H and O–H groups in total. The summed E-state index contributed by atoms with van der Waals surface area (Å²) in [7, 11) is 1.88. The van der Waals surface area contributed by atoms with Crippen molar-refractivity contribution in [3.05, 3.63) is 240 Å². The van der Waals surface area contributed by atoms with Crippen molar-refractivity contribution in [1.82, 2.24) is 4.98 Å². The van der Waals surface area contributed by atoms with Crippen LogP contribution in [0.4, 0.5) is 11.4 Å². The summed E-state index contributed by atoms with van der Waals surface area (Å²) >= 11 is 0. The molecule has 0 bridgehead atoms. The summed E-state index contributed by atoms with van der Waals surface area (Å²) in [6.45, 7) is 12.5. The molecule has 0 saturated heterocycles. The first-order valence-electron chi connectivity index (χ1n) is 19.7. The number of aliphatic imine (C=N–C) groups is 1. The Balaban J connectivity index is 1.38. The standard InChI is InChI=1S/C53H50N4/c1-7-10-26-43(9-3)57(45-29-18-13-19-30-45)52(54-6)51(39(4)8-2)56(44-27-16-12-17-28-44)38-40(5)50-36-35-42(37-55-50)53(41-24-14-11-15-25-41)48-33-22-20-31-46(48)47-32-21-23-34-49(47)53/h7,9-38H,1,8H2,2-6H3/b26-10-,40-38+,43-9+,51-39+,54-52?. The van der Waals surface area contributed by atoms with Crippen LogP contribution in [-0.4, -0.2) is 17.9 Å². The minimum absolute atomic E-state index is 0.500. The van der Waals surface area contributed by atoms with Crippen molar-refractivity contribution in [2.45, 2.75) is 39.5 Å². The Morgan fingerprint density at radius 3 is 1.79 bits per heavy atom. The van der Waals surface area contributed by atoms with Crippen LogP contribution in [0, 0.1) is 0 Å². The number of fused-ring (bicyclic) bond motifs is 3. The third-order valence-corrected chi connectivity index (χ3v) is 10.9. The first-order chi connectivity index (χ1) is 28.0. The predicted molar refractivity (Wildman–Crippen MR) is 242 cm³/mol. The lowest BCUT2D eigenvalue weighted by Gasteiger charge is -2.34. The summed E-state index contributed by atoms with van der Waals surface area (Å²) in [4.78, 5) is 14.8. The molecule has 0 spiro atoms. The monoisotopic (exact) mass is 742 g/mol. The highest BCUT2D eigenvalue weighted by Gasteiger charge is 2.46. The van der Waals surface area contributed by atoms with Crippen LogP contribution >= 0.6 is 0 Å². The number of rotatable bonds is 12. The second-order valence-corrected chi connectivity index (χ2v) is 14.2. The molecule has 7 rings (SSSR count). The maximum atomic E-state index is 5.25. The van der Waals surface area contributed by atoms with Crippen LogP contribution in [0.25, 0.3) is 16.7 Å². The zero-order chi connectivity index (χ0) is 39.8. The Morgan fingerprint density at radius 1 is 0.702 bits per heavy atom. The molecule has 0 amide bonds. The fourth-order valence-electron chi connectivity index (χ4n) is 8.10. The molecule has 1 heterocycles. The minimum atomic E-state index is -0.500. The summed E-state index contributed by atoms with van der Waals surface area (Å²) in [5.41, 5.74) is 14.1. The number of nitrogens with zero attached hydrogens (tertiary/aromatic N) is 4. The van der Waals surface area contributed by atoms with Crippen molar-refractivity contribution in [3.63, 3.8) is 0 Å². The summed E-state index contributed by atoms with van der Waals surface area (Å²) in [6, 6.07) is 53.9. The van der Waals surface area contributed by atoms with E-state index in [9.17, 15) is 0 Å². The first-order valence-corrected chi connectivity index (χ1v) is 19.7. The summed E-state index contributed by atoms with van der Waals surface area (Å²) < 4.78 is 0. The lowest BCUT2D eigenvalue weighted by molar-refractivity contribution is 0.762. The molecule has 0 saturated carbocycles. The van der Waals surface area contributed by atoms with E-state index < -0.39 is 5.41 Å². The highest BCUT2D eigenvalue weighted by molar-refractivity contribution is 6.14. The van der Waals surface area contributed by atoms with E-state index in [4.69, 9.17) is 9.98 Å². The summed E-state index contributed by atoms with van der Waals surface area (Å²) in [5.74, 6) is 0.821. The maximum Gasteiger partial charge on any atom is 0.157 e. The fourth-order valence-corrected chi connectivity index (χ4v) is 8.10. The molecular formula is C53H50N4. The van der Waals surface area contributed by atoms with Gasteiger partial charge >= 0.3 is 0 Å². The number of pyridine rings is 1. The molecule has 6 aromatic rings. The zero-order valence-corrected chi connectivity index (χ0v) is 33.6. The van der Waals surface area contributed by atoms with Gasteiger partial charge in [0.05, 0.1) is 16.8 Å². The average molecular weight is 743 g/mol. The molecule has 0 aliphatic heterocycles. The van der Waals surface area contributed by atoms with Crippen molar-refractivity contribution in [2.75, 3.05) is 16.8 Å². The van der Waals surface area contributed by atoms with Crippen molar-refractivity contribution in [1.29, 1.82) is 0 Å². The third kappa shape index (κ3) is 7.23. The van der Waals surface area contributed by atoms with Crippen LogP contribution < -0.4 is 9.80 Å². The van der Waals surface area contributed by atoms with Gasteiger partial charge in [-0.15, -0.1) is 0 Å². The molecule has 5 aromatic carbocycles. The molecule has 0 atom stereocenters. The van der Waals surface area contributed by atoms with Crippen molar-refractivity contribution < 1.29 is 0 Å². The fraction of sp³-hybridized carbons (Fsp3) is 0.132. The van der Waals surface area contributed by atoms with E-state index in [1.165, 1.54) is 33.4 Å². The van der Waals surface area contributed by atoms with Crippen LogP contribution in [0.15, 0.2) is 217 Å². The van der Waals surface area contributed by atoms with Crippen LogP contribution in [-0.2, 0) is 5.41 Å². The summed E-state index contributed by atoms with van der Waals surface area (Å²) in [5, 5.41) is 0. The SMILES string of the molecule is C=C/C=C\C(=C/C)N(C(=NC)/C(=C(/C)CC)N(/C=C(\C)c1ccc(C2(c3ccccc3)c3ccccc3-c3ccccc32)cn1)c1ccccc1)c1ccccc1. The number of para-hydroxylation sites is 2. The third-order valence-electron chi connectivity index (χ3n) is 10.9.